The fourth-order valence-electron chi connectivity index (χ4n) is 2.71. The number of fused-ring (bicyclic) bond motifs is 1. The minimum atomic E-state index is -4.81. The molecule has 0 bridgehead atoms. The summed E-state index contributed by atoms with van der Waals surface area (Å²) in [7, 11) is 0. The van der Waals surface area contributed by atoms with Crippen LogP contribution in [0.3, 0.4) is 0 Å². The normalized spacial score (nSPS) is 11.7. The molecule has 0 unspecified atom stereocenters. The first-order valence-corrected chi connectivity index (χ1v) is 9.14. The van der Waals surface area contributed by atoms with Crippen molar-refractivity contribution in [3.05, 3.63) is 86.1 Å². The summed E-state index contributed by atoms with van der Waals surface area (Å²) >= 11 is 1.50. The average Bonchev–Trinajstić information content (AvgIpc) is 3.09. The monoisotopic (exact) mass is 419 g/mol. The predicted octanol–water partition coefficient (Wildman–Crippen LogP) is 3.73. The van der Waals surface area contributed by atoms with Gasteiger partial charge in [-0.05, 0) is 36.4 Å². The molecule has 6 nitrogen and oxygen atoms in total. The number of aromatic nitrogens is 3. The van der Waals surface area contributed by atoms with Crippen molar-refractivity contribution in [2.45, 2.75) is 12.8 Å². The largest absolute Gasteiger partial charge is 0.486 e. The summed E-state index contributed by atoms with van der Waals surface area (Å²) in [6.45, 7) is 0.236. The van der Waals surface area contributed by atoms with Crippen molar-refractivity contribution in [2.75, 3.05) is 0 Å². The molecule has 10 heteroatoms. The summed E-state index contributed by atoms with van der Waals surface area (Å²) in [4.78, 5) is 30.1. The lowest BCUT2D eigenvalue weighted by Crippen LogP contribution is -2.35. The fraction of sp³-hybridized carbons (Fsp3) is 0.105. The molecule has 0 amide bonds. The van der Waals surface area contributed by atoms with Gasteiger partial charge < -0.3 is 9.72 Å². The second-order valence-electron chi connectivity index (χ2n) is 6.02. The zero-order chi connectivity index (χ0) is 20.6. The van der Waals surface area contributed by atoms with Gasteiger partial charge in [0.15, 0.2) is 0 Å². The van der Waals surface area contributed by atoms with E-state index >= 15 is 0 Å². The van der Waals surface area contributed by atoms with Crippen LogP contribution in [0.25, 0.3) is 15.9 Å². The Morgan fingerprint density at radius 2 is 1.79 bits per heavy atom. The number of hydrogen-bond acceptors (Lipinski definition) is 5. The SMILES string of the molecule is O=c1cc(C(F)(F)F)[nH]c(=O)n1-c1ccc(OCc2nc3ccccc3s2)cc1. The summed E-state index contributed by atoms with van der Waals surface area (Å²) in [5.41, 5.74) is -2.64. The molecule has 0 spiro atoms. The van der Waals surface area contributed by atoms with Gasteiger partial charge in [0.2, 0.25) is 0 Å². The van der Waals surface area contributed by atoms with Gasteiger partial charge in [0, 0.05) is 6.07 Å². The van der Waals surface area contributed by atoms with Crippen LogP contribution in [-0.2, 0) is 12.8 Å². The van der Waals surface area contributed by atoms with Gasteiger partial charge in [-0.15, -0.1) is 11.3 Å². The molecule has 0 radical (unpaired) electrons. The highest BCUT2D eigenvalue weighted by Crippen LogP contribution is 2.26. The highest BCUT2D eigenvalue weighted by Gasteiger charge is 2.33. The molecule has 0 aliphatic carbocycles. The molecule has 0 aliphatic rings. The Morgan fingerprint density at radius 3 is 2.45 bits per heavy atom. The minimum Gasteiger partial charge on any atom is -0.486 e. The summed E-state index contributed by atoms with van der Waals surface area (Å²) in [5.74, 6) is 0.462. The van der Waals surface area contributed by atoms with Crippen LogP contribution in [0, 0.1) is 0 Å². The van der Waals surface area contributed by atoms with E-state index in [1.165, 1.54) is 35.6 Å². The summed E-state index contributed by atoms with van der Waals surface area (Å²) in [6, 6.07) is 13.9. The summed E-state index contributed by atoms with van der Waals surface area (Å²) in [6.07, 6.45) is -4.81. The number of rotatable bonds is 4. The van der Waals surface area contributed by atoms with Crippen molar-refractivity contribution >= 4 is 21.6 Å². The van der Waals surface area contributed by atoms with Crippen molar-refractivity contribution in [2.24, 2.45) is 0 Å². The number of nitrogens with one attached hydrogen (secondary N) is 1. The zero-order valence-corrected chi connectivity index (χ0v) is 15.4. The standard InChI is InChI=1S/C19H12F3N3O3S/c20-19(21,22)15-9-17(26)25(18(27)24-15)11-5-7-12(8-6-11)28-10-16-23-13-3-1-2-4-14(13)29-16/h1-9H,10H2,(H,24,27). The van der Waals surface area contributed by atoms with Crippen LogP contribution in [0.1, 0.15) is 10.7 Å². The van der Waals surface area contributed by atoms with E-state index in [1.54, 1.807) is 4.98 Å². The molecule has 2 heterocycles. The number of ether oxygens (including phenoxy) is 1. The number of para-hydroxylation sites is 1. The topological polar surface area (TPSA) is 77.0 Å². The third-order valence-corrected chi connectivity index (χ3v) is 5.04. The molecule has 2 aromatic carbocycles. The van der Waals surface area contributed by atoms with E-state index in [-0.39, 0.29) is 12.3 Å². The van der Waals surface area contributed by atoms with Crippen LogP contribution >= 0.6 is 11.3 Å². The molecular formula is C19H12F3N3O3S. The molecule has 0 saturated carbocycles. The second kappa shape index (κ2) is 7.21. The Hall–Kier alpha value is -3.40. The quantitative estimate of drug-likeness (QED) is 0.547. The molecule has 0 aliphatic heterocycles. The molecule has 0 fully saturated rings. The first-order chi connectivity index (χ1) is 13.8. The first kappa shape index (κ1) is 18.9. The van der Waals surface area contributed by atoms with Gasteiger partial charge in [-0.25, -0.2) is 14.3 Å². The number of H-pyrrole nitrogens is 1. The van der Waals surface area contributed by atoms with Gasteiger partial charge in [-0.2, -0.15) is 13.2 Å². The van der Waals surface area contributed by atoms with Crippen molar-refractivity contribution in [1.82, 2.24) is 14.5 Å². The first-order valence-electron chi connectivity index (χ1n) is 8.32. The van der Waals surface area contributed by atoms with E-state index in [4.69, 9.17) is 4.74 Å². The van der Waals surface area contributed by atoms with Crippen LogP contribution in [0.2, 0.25) is 0 Å². The molecule has 1 N–H and O–H groups in total. The maximum atomic E-state index is 12.7. The van der Waals surface area contributed by atoms with E-state index in [9.17, 15) is 22.8 Å². The van der Waals surface area contributed by atoms with E-state index in [0.29, 0.717) is 16.4 Å². The number of halogens is 3. The Kier molecular flexibility index (Phi) is 4.71. The number of alkyl halides is 3. The van der Waals surface area contributed by atoms with Crippen LogP contribution in [0.4, 0.5) is 13.2 Å². The van der Waals surface area contributed by atoms with Gasteiger partial charge in [-0.3, -0.25) is 4.79 Å². The van der Waals surface area contributed by atoms with Crippen LogP contribution < -0.4 is 16.0 Å². The predicted molar refractivity (Wildman–Crippen MR) is 102 cm³/mol. The zero-order valence-electron chi connectivity index (χ0n) is 14.6. The number of nitrogens with zero attached hydrogens (tertiary/aromatic N) is 2. The van der Waals surface area contributed by atoms with Crippen molar-refractivity contribution in [3.63, 3.8) is 0 Å². The summed E-state index contributed by atoms with van der Waals surface area (Å²) in [5, 5.41) is 0.783. The molecule has 0 saturated heterocycles. The fourth-order valence-corrected chi connectivity index (χ4v) is 3.59. The highest BCUT2D eigenvalue weighted by molar-refractivity contribution is 7.18. The molecule has 2 aromatic heterocycles. The number of aromatic amines is 1. The van der Waals surface area contributed by atoms with Gasteiger partial charge in [0.1, 0.15) is 23.1 Å². The Balaban J connectivity index is 1.53. The van der Waals surface area contributed by atoms with Gasteiger partial charge >= 0.3 is 11.9 Å². The lowest BCUT2D eigenvalue weighted by atomic mass is 10.3. The van der Waals surface area contributed by atoms with E-state index in [2.05, 4.69) is 4.98 Å². The van der Waals surface area contributed by atoms with Gasteiger partial charge in [0.05, 0.1) is 15.9 Å². The van der Waals surface area contributed by atoms with E-state index in [0.717, 1.165) is 15.2 Å². The maximum absolute atomic E-state index is 12.7. The van der Waals surface area contributed by atoms with Gasteiger partial charge in [-0.1, -0.05) is 12.1 Å². The van der Waals surface area contributed by atoms with Crippen LogP contribution in [0.15, 0.2) is 64.2 Å². The van der Waals surface area contributed by atoms with Gasteiger partial charge in [0.25, 0.3) is 5.56 Å². The smallest absolute Gasteiger partial charge is 0.431 e. The van der Waals surface area contributed by atoms with E-state index < -0.39 is 23.1 Å². The minimum absolute atomic E-state index is 0.123. The van der Waals surface area contributed by atoms with Crippen molar-refractivity contribution in [3.8, 4) is 11.4 Å². The number of hydrogen-bond donors (Lipinski definition) is 1. The lowest BCUT2D eigenvalue weighted by molar-refractivity contribution is -0.141. The second-order valence-corrected chi connectivity index (χ2v) is 7.13. The number of benzene rings is 2. The highest BCUT2D eigenvalue weighted by atomic mass is 32.1. The lowest BCUT2D eigenvalue weighted by Gasteiger charge is -2.09. The third kappa shape index (κ3) is 3.92. The van der Waals surface area contributed by atoms with Crippen molar-refractivity contribution < 1.29 is 17.9 Å². The molecule has 148 valence electrons. The van der Waals surface area contributed by atoms with Crippen LogP contribution in [0.5, 0.6) is 5.75 Å². The Morgan fingerprint density at radius 1 is 1.07 bits per heavy atom. The third-order valence-electron chi connectivity index (χ3n) is 4.03. The Labute approximate surface area is 164 Å². The molecule has 4 aromatic rings. The molecule has 29 heavy (non-hydrogen) atoms. The van der Waals surface area contributed by atoms with Crippen LogP contribution in [-0.4, -0.2) is 14.5 Å². The van der Waals surface area contributed by atoms with E-state index in [1.807, 2.05) is 24.3 Å². The Bertz CT molecular complexity index is 1230. The molecular weight excluding hydrogens is 407 g/mol. The molecule has 0 atom stereocenters. The average molecular weight is 419 g/mol. The summed E-state index contributed by atoms with van der Waals surface area (Å²) < 4.78 is 45.4. The number of thiazole rings is 1. The van der Waals surface area contributed by atoms with Crippen molar-refractivity contribution in [1.29, 1.82) is 0 Å². The molecule has 4 rings (SSSR count). The maximum Gasteiger partial charge on any atom is 0.431 e.